The van der Waals surface area contributed by atoms with Crippen molar-refractivity contribution in [3.8, 4) is 0 Å². The van der Waals surface area contributed by atoms with Crippen LogP contribution in [0.1, 0.15) is 18.0 Å². The molecule has 0 bridgehead atoms. The van der Waals surface area contributed by atoms with Crippen LogP contribution in [-0.2, 0) is 19.1 Å². The van der Waals surface area contributed by atoms with E-state index in [4.69, 9.17) is 0 Å². The summed E-state index contributed by atoms with van der Waals surface area (Å²) in [4.78, 5) is 36.0. The largest absolute Gasteiger partial charge is 0.469 e. The van der Waals surface area contributed by atoms with Gasteiger partial charge in [-0.05, 0) is 5.56 Å². The van der Waals surface area contributed by atoms with Crippen LogP contribution >= 0.6 is 0 Å². The molecule has 98 valence electrons. The second kappa shape index (κ2) is 5.48. The Balaban J connectivity index is 2.32. The van der Waals surface area contributed by atoms with E-state index in [9.17, 15) is 14.4 Å². The number of ether oxygens (including phenoxy) is 1. The molecule has 1 aliphatic heterocycles. The number of benzene rings is 1. The fourth-order valence-corrected chi connectivity index (χ4v) is 1.99. The van der Waals surface area contributed by atoms with Crippen molar-refractivity contribution in [3.05, 3.63) is 48.0 Å². The lowest BCUT2D eigenvalue weighted by atomic mass is 10.0. The second-order valence-corrected chi connectivity index (χ2v) is 4.09. The first-order valence-corrected chi connectivity index (χ1v) is 5.80. The number of rotatable bonds is 4. The minimum Gasteiger partial charge on any atom is -0.469 e. The molecule has 1 aliphatic rings. The van der Waals surface area contributed by atoms with E-state index in [0.717, 1.165) is 10.5 Å². The van der Waals surface area contributed by atoms with Crippen molar-refractivity contribution >= 4 is 17.8 Å². The van der Waals surface area contributed by atoms with E-state index in [1.807, 2.05) is 6.07 Å². The molecule has 0 aromatic heterocycles. The number of methoxy groups -OCH3 is 1. The maximum atomic E-state index is 11.7. The summed E-state index contributed by atoms with van der Waals surface area (Å²) < 4.78 is 4.62. The molecule has 0 aliphatic carbocycles. The predicted molar refractivity (Wildman–Crippen MR) is 66.8 cm³/mol. The minimum absolute atomic E-state index is 0.0559. The van der Waals surface area contributed by atoms with E-state index in [-0.39, 0.29) is 6.42 Å². The monoisotopic (exact) mass is 259 g/mol. The molecule has 1 aromatic rings. The molecule has 0 unspecified atom stereocenters. The first-order chi connectivity index (χ1) is 9.13. The van der Waals surface area contributed by atoms with Crippen molar-refractivity contribution in [1.29, 1.82) is 0 Å². The standard InChI is InChI=1S/C14H13NO4/c1-19-14(18)9-11(10-5-3-2-4-6-10)15-12(16)7-8-13(15)17/h2-8,11H,9H2,1H3/t11-/m1/s1. The average Bonchev–Trinajstić information content (AvgIpc) is 2.76. The molecule has 0 fully saturated rings. The van der Waals surface area contributed by atoms with Gasteiger partial charge in [0.25, 0.3) is 11.8 Å². The number of nitrogens with zero attached hydrogens (tertiary/aromatic N) is 1. The van der Waals surface area contributed by atoms with Gasteiger partial charge in [0.05, 0.1) is 19.6 Å². The van der Waals surface area contributed by atoms with Gasteiger partial charge in [-0.25, -0.2) is 0 Å². The molecule has 2 rings (SSSR count). The number of esters is 1. The van der Waals surface area contributed by atoms with Crippen molar-refractivity contribution in [1.82, 2.24) is 4.90 Å². The highest BCUT2D eigenvalue weighted by Gasteiger charge is 2.33. The molecular formula is C14H13NO4. The van der Waals surface area contributed by atoms with Gasteiger partial charge in [0.2, 0.25) is 0 Å². The van der Waals surface area contributed by atoms with Crippen LogP contribution in [0.15, 0.2) is 42.5 Å². The number of amides is 2. The van der Waals surface area contributed by atoms with Crippen LogP contribution in [-0.4, -0.2) is 29.8 Å². The van der Waals surface area contributed by atoms with Crippen LogP contribution in [0.2, 0.25) is 0 Å². The lowest BCUT2D eigenvalue weighted by Crippen LogP contribution is -2.35. The normalized spacial score (nSPS) is 15.7. The number of hydrogen-bond donors (Lipinski definition) is 0. The highest BCUT2D eigenvalue weighted by Crippen LogP contribution is 2.27. The third kappa shape index (κ3) is 2.70. The lowest BCUT2D eigenvalue weighted by Gasteiger charge is -2.25. The van der Waals surface area contributed by atoms with Gasteiger partial charge in [-0.1, -0.05) is 30.3 Å². The molecule has 0 radical (unpaired) electrons. The molecule has 1 aromatic carbocycles. The lowest BCUT2D eigenvalue weighted by molar-refractivity contribution is -0.145. The molecular weight excluding hydrogens is 246 g/mol. The SMILES string of the molecule is COC(=O)C[C@H](c1ccccc1)N1C(=O)C=CC1=O. The molecule has 1 atom stereocenters. The number of imide groups is 1. The zero-order chi connectivity index (χ0) is 13.8. The Kier molecular flexibility index (Phi) is 3.75. The Labute approximate surface area is 110 Å². The summed E-state index contributed by atoms with van der Waals surface area (Å²) >= 11 is 0. The maximum Gasteiger partial charge on any atom is 0.307 e. The quantitative estimate of drug-likeness (QED) is 0.602. The van der Waals surface area contributed by atoms with Crippen molar-refractivity contribution in [3.63, 3.8) is 0 Å². The van der Waals surface area contributed by atoms with E-state index < -0.39 is 23.8 Å². The highest BCUT2D eigenvalue weighted by atomic mass is 16.5. The predicted octanol–water partition coefficient (Wildman–Crippen LogP) is 1.22. The van der Waals surface area contributed by atoms with Crippen LogP contribution in [0.25, 0.3) is 0 Å². The maximum absolute atomic E-state index is 11.7. The Morgan fingerprint density at radius 1 is 1.16 bits per heavy atom. The van der Waals surface area contributed by atoms with E-state index in [0.29, 0.717) is 0 Å². The fraction of sp³-hybridized carbons (Fsp3) is 0.214. The van der Waals surface area contributed by atoms with Gasteiger partial charge in [-0.3, -0.25) is 19.3 Å². The van der Waals surface area contributed by atoms with Crippen LogP contribution in [0.3, 0.4) is 0 Å². The summed E-state index contributed by atoms with van der Waals surface area (Å²) in [6.07, 6.45) is 2.35. The molecule has 0 saturated heterocycles. The Morgan fingerprint density at radius 3 is 2.26 bits per heavy atom. The minimum atomic E-state index is -0.636. The van der Waals surface area contributed by atoms with Crippen molar-refractivity contribution in [2.75, 3.05) is 7.11 Å². The zero-order valence-corrected chi connectivity index (χ0v) is 10.4. The van der Waals surface area contributed by atoms with Crippen LogP contribution in [0.5, 0.6) is 0 Å². The number of carbonyl (C=O) groups excluding carboxylic acids is 3. The topological polar surface area (TPSA) is 63.7 Å². The van der Waals surface area contributed by atoms with Crippen LogP contribution < -0.4 is 0 Å². The van der Waals surface area contributed by atoms with Gasteiger partial charge < -0.3 is 4.74 Å². The summed E-state index contributed by atoms with van der Waals surface area (Å²) in [5, 5.41) is 0. The molecule has 0 N–H and O–H groups in total. The summed E-state index contributed by atoms with van der Waals surface area (Å²) in [7, 11) is 1.27. The number of carbonyl (C=O) groups is 3. The Bertz CT molecular complexity index is 518. The van der Waals surface area contributed by atoms with E-state index in [1.165, 1.54) is 19.3 Å². The highest BCUT2D eigenvalue weighted by molar-refractivity contribution is 6.13. The third-order valence-electron chi connectivity index (χ3n) is 2.93. The fourth-order valence-electron chi connectivity index (χ4n) is 1.99. The van der Waals surface area contributed by atoms with E-state index in [1.54, 1.807) is 24.3 Å². The second-order valence-electron chi connectivity index (χ2n) is 4.09. The van der Waals surface area contributed by atoms with E-state index in [2.05, 4.69) is 4.74 Å². The van der Waals surface area contributed by atoms with Crippen LogP contribution in [0.4, 0.5) is 0 Å². The first kappa shape index (κ1) is 13.0. The van der Waals surface area contributed by atoms with Gasteiger partial charge >= 0.3 is 5.97 Å². The smallest absolute Gasteiger partial charge is 0.307 e. The number of hydrogen-bond acceptors (Lipinski definition) is 4. The summed E-state index contributed by atoms with van der Waals surface area (Å²) in [5.74, 6) is -1.30. The van der Waals surface area contributed by atoms with Gasteiger partial charge in [0.1, 0.15) is 0 Å². The van der Waals surface area contributed by atoms with Gasteiger partial charge in [-0.15, -0.1) is 0 Å². The van der Waals surface area contributed by atoms with Gasteiger partial charge in [0.15, 0.2) is 0 Å². The van der Waals surface area contributed by atoms with Crippen molar-refractivity contribution < 1.29 is 19.1 Å². The Hall–Kier alpha value is -2.43. The van der Waals surface area contributed by atoms with Gasteiger partial charge in [-0.2, -0.15) is 0 Å². The van der Waals surface area contributed by atoms with Crippen molar-refractivity contribution in [2.45, 2.75) is 12.5 Å². The molecule has 5 heteroatoms. The third-order valence-corrected chi connectivity index (χ3v) is 2.93. The molecule has 0 saturated carbocycles. The molecule has 0 spiro atoms. The van der Waals surface area contributed by atoms with Crippen LogP contribution in [0, 0.1) is 0 Å². The molecule has 19 heavy (non-hydrogen) atoms. The van der Waals surface area contributed by atoms with E-state index >= 15 is 0 Å². The Morgan fingerprint density at radius 2 is 1.74 bits per heavy atom. The molecule has 5 nitrogen and oxygen atoms in total. The van der Waals surface area contributed by atoms with Gasteiger partial charge in [0, 0.05) is 12.2 Å². The first-order valence-electron chi connectivity index (χ1n) is 5.80. The summed E-state index contributed by atoms with van der Waals surface area (Å²) in [5.41, 5.74) is 0.721. The zero-order valence-electron chi connectivity index (χ0n) is 10.4. The average molecular weight is 259 g/mol. The van der Waals surface area contributed by atoms with Crippen molar-refractivity contribution in [2.24, 2.45) is 0 Å². The molecule has 1 heterocycles. The summed E-state index contributed by atoms with van der Waals surface area (Å²) in [6.45, 7) is 0. The molecule has 2 amide bonds. The summed E-state index contributed by atoms with van der Waals surface area (Å²) in [6, 6.07) is 8.31.